The van der Waals surface area contributed by atoms with Gasteiger partial charge in [-0.3, -0.25) is 9.89 Å². The summed E-state index contributed by atoms with van der Waals surface area (Å²) in [5.41, 5.74) is 4.13. The molecule has 0 bridgehead atoms. The Balaban J connectivity index is 1.90. The van der Waals surface area contributed by atoms with Crippen molar-refractivity contribution >= 4 is 17.2 Å². The lowest BCUT2D eigenvalue weighted by Crippen LogP contribution is -2.43. The van der Waals surface area contributed by atoms with E-state index in [0.29, 0.717) is 25.5 Å². The molecule has 2 aromatic heterocycles. The largest absolute Gasteiger partial charge is 0.377 e. The number of aromatic amines is 1. The summed E-state index contributed by atoms with van der Waals surface area (Å²) in [6.07, 6.45) is 1.76. The van der Waals surface area contributed by atoms with Gasteiger partial charge in [-0.05, 0) is 12.5 Å². The van der Waals surface area contributed by atoms with Crippen LogP contribution in [0.1, 0.15) is 27.8 Å². The van der Waals surface area contributed by atoms with Crippen LogP contribution >= 0.6 is 11.3 Å². The molecule has 19 heavy (non-hydrogen) atoms. The van der Waals surface area contributed by atoms with Gasteiger partial charge in [-0.1, -0.05) is 0 Å². The van der Waals surface area contributed by atoms with Crippen molar-refractivity contribution in [3.05, 3.63) is 34.0 Å². The molecular formula is C12H14N4O2S. The van der Waals surface area contributed by atoms with E-state index in [9.17, 15) is 4.79 Å². The Morgan fingerprint density at radius 3 is 3.21 bits per heavy atom. The fourth-order valence-electron chi connectivity index (χ4n) is 2.24. The predicted molar refractivity (Wildman–Crippen MR) is 70.0 cm³/mol. The lowest BCUT2D eigenvalue weighted by atomic mass is 10.1. The van der Waals surface area contributed by atoms with Crippen LogP contribution in [0.3, 0.4) is 0 Å². The van der Waals surface area contributed by atoms with Crippen molar-refractivity contribution in [1.29, 1.82) is 0 Å². The number of thiazole rings is 1. The van der Waals surface area contributed by atoms with Crippen LogP contribution in [0.15, 0.2) is 17.1 Å². The quantitative estimate of drug-likeness (QED) is 0.901. The topological polar surface area (TPSA) is 71.1 Å². The van der Waals surface area contributed by atoms with Gasteiger partial charge in [0.1, 0.15) is 5.69 Å². The van der Waals surface area contributed by atoms with Gasteiger partial charge in [-0.15, -0.1) is 11.3 Å². The number of H-pyrrole nitrogens is 1. The number of aryl methyl sites for hydroxylation is 1. The maximum atomic E-state index is 12.5. The highest BCUT2D eigenvalue weighted by Crippen LogP contribution is 2.26. The second-order valence-corrected chi connectivity index (χ2v) is 5.15. The third-order valence-corrected chi connectivity index (χ3v) is 3.83. The summed E-state index contributed by atoms with van der Waals surface area (Å²) < 4.78 is 5.50. The van der Waals surface area contributed by atoms with Crippen LogP contribution in [-0.4, -0.2) is 45.7 Å². The number of rotatable bonds is 2. The van der Waals surface area contributed by atoms with Crippen molar-refractivity contribution < 1.29 is 9.53 Å². The molecule has 1 N–H and O–H groups in total. The van der Waals surface area contributed by atoms with Crippen molar-refractivity contribution in [3.8, 4) is 0 Å². The molecular weight excluding hydrogens is 264 g/mol. The maximum absolute atomic E-state index is 12.5. The van der Waals surface area contributed by atoms with Gasteiger partial charge < -0.3 is 9.64 Å². The molecule has 0 unspecified atom stereocenters. The van der Waals surface area contributed by atoms with E-state index < -0.39 is 0 Å². The van der Waals surface area contributed by atoms with Crippen LogP contribution in [0.4, 0.5) is 0 Å². The number of hydrogen-bond donors (Lipinski definition) is 1. The van der Waals surface area contributed by atoms with Crippen LogP contribution in [0.5, 0.6) is 0 Å². The summed E-state index contributed by atoms with van der Waals surface area (Å²) in [5, 5.41) is 8.76. The fraction of sp³-hybridized carbons (Fsp3) is 0.417. The molecule has 1 aliphatic heterocycles. The molecule has 0 aromatic carbocycles. The minimum absolute atomic E-state index is 0.0523. The van der Waals surface area contributed by atoms with Crippen molar-refractivity contribution in [3.63, 3.8) is 0 Å². The zero-order valence-corrected chi connectivity index (χ0v) is 11.3. The number of ether oxygens (including phenoxy) is 1. The van der Waals surface area contributed by atoms with E-state index in [1.165, 1.54) is 11.3 Å². The van der Waals surface area contributed by atoms with Crippen molar-refractivity contribution in [2.45, 2.75) is 13.0 Å². The van der Waals surface area contributed by atoms with Gasteiger partial charge >= 0.3 is 0 Å². The monoisotopic (exact) mass is 278 g/mol. The van der Waals surface area contributed by atoms with Gasteiger partial charge in [0, 0.05) is 11.9 Å². The van der Waals surface area contributed by atoms with E-state index in [0.717, 1.165) is 11.3 Å². The number of carbonyl (C=O) groups is 1. The first-order valence-electron chi connectivity index (χ1n) is 6.04. The van der Waals surface area contributed by atoms with E-state index in [2.05, 4.69) is 15.2 Å². The Bertz CT molecular complexity index is 566. The SMILES string of the molecule is Cc1cn[nH]c1[C@H]1COCCN1C(=O)c1cscn1. The van der Waals surface area contributed by atoms with Crippen molar-refractivity contribution in [2.75, 3.05) is 19.8 Å². The van der Waals surface area contributed by atoms with Gasteiger partial charge in [0.25, 0.3) is 5.91 Å². The molecule has 0 radical (unpaired) electrons. The molecule has 3 rings (SSSR count). The summed E-state index contributed by atoms with van der Waals surface area (Å²) >= 11 is 1.42. The van der Waals surface area contributed by atoms with Crippen molar-refractivity contribution in [1.82, 2.24) is 20.1 Å². The van der Waals surface area contributed by atoms with E-state index in [1.54, 1.807) is 22.0 Å². The molecule has 1 saturated heterocycles. The van der Waals surface area contributed by atoms with E-state index in [-0.39, 0.29) is 11.9 Å². The molecule has 0 saturated carbocycles. The lowest BCUT2D eigenvalue weighted by molar-refractivity contribution is -0.00434. The molecule has 6 nitrogen and oxygen atoms in total. The first-order chi connectivity index (χ1) is 9.27. The molecule has 100 valence electrons. The zero-order valence-electron chi connectivity index (χ0n) is 10.5. The summed E-state index contributed by atoms with van der Waals surface area (Å²) in [4.78, 5) is 18.4. The summed E-state index contributed by atoms with van der Waals surface area (Å²) in [6, 6.07) is -0.120. The Kier molecular flexibility index (Phi) is 3.31. The molecule has 2 aromatic rings. The number of amides is 1. The molecule has 3 heterocycles. The molecule has 0 aliphatic carbocycles. The van der Waals surface area contributed by atoms with Crippen LogP contribution in [0, 0.1) is 6.92 Å². The normalized spacial score (nSPS) is 19.6. The molecule has 7 heteroatoms. The van der Waals surface area contributed by atoms with E-state index in [4.69, 9.17) is 4.74 Å². The molecule has 0 spiro atoms. The average molecular weight is 278 g/mol. The Morgan fingerprint density at radius 2 is 2.53 bits per heavy atom. The first kappa shape index (κ1) is 12.3. The molecule has 1 aliphatic rings. The number of nitrogens with one attached hydrogen (secondary N) is 1. The van der Waals surface area contributed by atoms with Crippen molar-refractivity contribution in [2.24, 2.45) is 0 Å². The third kappa shape index (κ3) is 2.26. The van der Waals surface area contributed by atoms with Crippen LogP contribution < -0.4 is 0 Å². The van der Waals surface area contributed by atoms with Crippen LogP contribution in [0.2, 0.25) is 0 Å². The van der Waals surface area contributed by atoms with Gasteiger partial charge in [-0.25, -0.2) is 4.98 Å². The highest BCUT2D eigenvalue weighted by molar-refractivity contribution is 7.07. The van der Waals surface area contributed by atoms with E-state index >= 15 is 0 Å². The minimum Gasteiger partial charge on any atom is -0.377 e. The number of hydrogen-bond acceptors (Lipinski definition) is 5. The Morgan fingerprint density at radius 1 is 1.63 bits per heavy atom. The second kappa shape index (κ2) is 5.10. The van der Waals surface area contributed by atoms with Crippen LogP contribution in [-0.2, 0) is 4.74 Å². The van der Waals surface area contributed by atoms with Gasteiger partial charge in [0.05, 0.1) is 36.7 Å². The number of aromatic nitrogens is 3. The molecule has 1 fully saturated rings. The zero-order chi connectivity index (χ0) is 13.2. The minimum atomic E-state index is -0.120. The number of nitrogens with zero attached hydrogens (tertiary/aromatic N) is 3. The first-order valence-corrected chi connectivity index (χ1v) is 6.98. The highest BCUT2D eigenvalue weighted by atomic mass is 32.1. The summed E-state index contributed by atoms with van der Waals surface area (Å²) in [6.45, 7) is 3.58. The van der Waals surface area contributed by atoms with Gasteiger partial charge in [0.2, 0.25) is 0 Å². The second-order valence-electron chi connectivity index (χ2n) is 4.43. The standard InChI is InChI=1S/C12H14N4O2S/c1-8-4-14-15-11(8)10-5-18-3-2-16(10)12(17)9-6-19-7-13-9/h4,6-7,10H,2-3,5H2,1H3,(H,14,15)/t10-/m1/s1. The third-order valence-electron chi connectivity index (χ3n) is 3.24. The number of morpholine rings is 1. The lowest BCUT2D eigenvalue weighted by Gasteiger charge is -2.34. The Labute approximate surface area is 114 Å². The average Bonchev–Trinajstić information content (AvgIpc) is 3.09. The summed E-state index contributed by atoms with van der Waals surface area (Å²) in [7, 11) is 0. The maximum Gasteiger partial charge on any atom is 0.274 e. The van der Waals surface area contributed by atoms with Gasteiger partial charge in [-0.2, -0.15) is 5.10 Å². The van der Waals surface area contributed by atoms with E-state index in [1.807, 2.05) is 6.92 Å². The number of carbonyl (C=O) groups excluding carboxylic acids is 1. The predicted octanol–water partition coefficient (Wildman–Crippen LogP) is 1.39. The van der Waals surface area contributed by atoms with Gasteiger partial charge in [0.15, 0.2) is 0 Å². The smallest absolute Gasteiger partial charge is 0.274 e. The van der Waals surface area contributed by atoms with Crippen LogP contribution in [0.25, 0.3) is 0 Å². The summed E-state index contributed by atoms with van der Waals surface area (Å²) in [5.74, 6) is -0.0523. The fourth-order valence-corrected chi connectivity index (χ4v) is 2.77. The molecule has 1 atom stereocenters. The Hall–Kier alpha value is -1.73. The molecule has 1 amide bonds. The highest BCUT2D eigenvalue weighted by Gasteiger charge is 2.31.